The lowest BCUT2D eigenvalue weighted by molar-refractivity contribution is -0.132. The highest BCUT2D eigenvalue weighted by atomic mass is 16.2. The molecular formula is C15H21N3O2. The molecule has 2 amide bonds. The van der Waals surface area contributed by atoms with Gasteiger partial charge in [-0.3, -0.25) is 9.59 Å². The third-order valence-electron chi connectivity index (χ3n) is 3.48. The maximum absolute atomic E-state index is 12.1. The summed E-state index contributed by atoms with van der Waals surface area (Å²) in [5.74, 6) is 0.108. The van der Waals surface area contributed by atoms with Crippen LogP contribution in [0.25, 0.3) is 0 Å². The van der Waals surface area contributed by atoms with E-state index in [1.54, 1.807) is 29.2 Å². The van der Waals surface area contributed by atoms with Crippen LogP contribution in [0.15, 0.2) is 30.3 Å². The molecule has 1 aromatic rings. The molecule has 20 heavy (non-hydrogen) atoms. The van der Waals surface area contributed by atoms with Gasteiger partial charge in [0.05, 0.1) is 6.54 Å². The van der Waals surface area contributed by atoms with E-state index in [0.29, 0.717) is 24.6 Å². The van der Waals surface area contributed by atoms with Gasteiger partial charge in [0, 0.05) is 24.7 Å². The third-order valence-corrected chi connectivity index (χ3v) is 3.48. The molecule has 108 valence electrons. The molecule has 1 aliphatic heterocycles. The van der Waals surface area contributed by atoms with Gasteiger partial charge in [0.1, 0.15) is 0 Å². The molecule has 1 aliphatic rings. The summed E-state index contributed by atoms with van der Waals surface area (Å²) in [6, 6.07) is 8.91. The number of carbonyl (C=O) groups excluding carboxylic acids is 2. The lowest BCUT2D eigenvalue weighted by Gasteiger charge is -2.34. The Balaban J connectivity index is 1.84. The molecule has 1 aromatic carbocycles. The summed E-state index contributed by atoms with van der Waals surface area (Å²) in [4.78, 5) is 25.7. The largest absolute Gasteiger partial charge is 0.343 e. The number of piperidine rings is 1. The average Bonchev–Trinajstić information content (AvgIpc) is 2.44. The van der Waals surface area contributed by atoms with Crippen molar-refractivity contribution in [3.8, 4) is 0 Å². The molecule has 2 atom stereocenters. The number of nitrogens with zero attached hydrogens (tertiary/aromatic N) is 1. The summed E-state index contributed by atoms with van der Waals surface area (Å²) >= 11 is 0. The van der Waals surface area contributed by atoms with E-state index >= 15 is 0 Å². The first-order valence-corrected chi connectivity index (χ1v) is 6.93. The first kappa shape index (κ1) is 14.5. The number of benzene rings is 1. The quantitative estimate of drug-likeness (QED) is 0.848. The molecule has 5 heteroatoms. The molecule has 0 spiro atoms. The van der Waals surface area contributed by atoms with Crippen LogP contribution in [0.5, 0.6) is 0 Å². The van der Waals surface area contributed by atoms with Gasteiger partial charge in [0.2, 0.25) is 5.91 Å². The third kappa shape index (κ3) is 3.81. The number of likely N-dealkylation sites (tertiary alicyclic amines) is 1. The average molecular weight is 275 g/mol. The summed E-state index contributed by atoms with van der Waals surface area (Å²) in [6.07, 6.45) is 0.945. The van der Waals surface area contributed by atoms with Gasteiger partial charge in [0.15, 0.2) is 0 Å². The zero-order valence-electron chi connectivity index (χ0n) is 11.7. The van der Waals surface area contributed by atoms with Crippen molar-refractivity contribution in [1.82, 2.24) is 10.2 Å². The molecule has 0 aliphatic carbocycles. The number of rotatable bonds is 3. The Morgan fingerprint density at radius 1 is 1.30 bits per heavy atom. The topological polar surface area (TPSA) is 75.4 Å². The molecule has 1 saturated heterocycles. The second-order valence-corrected chi connectivity index (χ2v) is 5.45. The van der Waals surface area contributed by atoms with Crippen LogP contribution in [-0.2, 0) is 4.79 Å². The summed E-state index contributed by atoms with van der Waals surface area (Å²) in [7, 11) is 0. The highest BCUT2D eigenvalue weighted by Gasteiger charge is 2.25. The number of hydrogen-bond acceptors (Lipinski definition) is 3. The molecule has 2 rings (SSSR count). The second-order valence-electron chi connectivity index (χ2n) is 5.45. The highest BCUT2D eigenvalue weighted by Crippen LogP contribution is 2.14. The van der Waals surface area contributed by atoms with Crippen molar-refractivity contribution in [2.45, 2.75) is 19.4 Å². The van der Waals surface area contributed by atoms with Crippen LogP contribution in [-0.4, -0.2) is 42.4 Å². The normalized spacial score (nSPS) is 22.4. The molecule has 0 radical (unpaired) electrons. The van der Waals surface area contributed by atoms with Gasteiger partial charge in [-0.2, -0.15) is 0 Å². The zero-order chi connectivity index (χ0) is 14.5. The number of hydrogen-bond donors (Lipinski definition) is 2. The first-order valence-electron chi connectivity index (χ1n) is 6.93. The van der Waals surface area contributed by atoms with Gasteiger partial charge in [0.25, 0.3) is 5.91 Å². The van der Waals surface area contributed by atoms with E-state index in [1.165, 1.54) is 0 Å². The number of amides is 2. The Kier molecular flexibility index (Phi) is 4.74. The van der Waals surface area contributed by atoms with Crippen LogP contribution >= 0.6 is 0 Å². The van der Waals surface area contributed by atoms with Gasteiger partial charge in [-0.05, 0) is 24.5 Å². The van der Waals surface area contributed by atoms with E-state index < -0.39 is 0 Å². The maximum atomic E-state index is 12.1. The Morgan fingerprint density at radius 3 is 2.65 bits per heavy atom. The minimum absolute atomic E-state index is 0.0210. The Bertz CT molecular complexity index is 465. The summed E-state index contributed by atoms with van der Waals surface area (Å²) in [5.41, 5.74) is 6.48. The number of nitrogens with two attached hydrogens (primary N) is 1. The standard InChI is InChI=1S/C15H21N3O2/c1-11-7-13(16)10-18(9-11)14(19)8-17-15(20)12-5-3-2-4-6-12/h2-6,11,13H,7-10,16H2,1H3,(H,17,20). The Morgan fingerprint density at radius 2 is 2.00 bits per heavy atom. The molecular weight excluding hydrogens is 254 g/mol. The van der Waals surface area contributed by atoms with Crippen LogP contribution in [0.3, 0.4) is 0 Å². The predicted molar refractivity (Wildman–Crippen MR) is 77.1 cm³/mol. The summed E-state index contributed by atoms with van der Waals surface area (Å²) in [6.45, 7) is 3.40. The predicted octanol–water partition coefficient (Wildman–Crippen LogP) is 0.612. The smallest absolute Gasteiger partial charge is 0.251 e. The Labute approximate surface area is 119 Å². The van der Waals surface area contributed by atoms with E-state index in [4.69, 9.17) is 5.73 Å². The van der Waals surface area contributed by atoms with Gasteiger partial charge in [-0.15, -0.1) is 0 Å². The molecule has 0 aromatic heterocycles. The van der Waals surface area contributed by atoms with Gasteiger partial charge >= 0.3 is 0 Å². The maximum Gasteiger partial charge on any atom is 0.251 e. The molecule has 2 unspecified atom stereocenters. The van der Waals surface area contributed by atoms with Crippen molar-refractivity contribution in [2.75, 3.05) is 19.6 Å². The number of nitrogens with one attached hydrogen (secondary N) is 1. The molecule has 5 nitrogen and oxygen atoms in total. The van der Waals surface area contributed by atoms with Gasteiger partial charge in [-0.25, -0.2) is 0 Å². The minimum Gasteiger partial charge on any atom is -0.343 e. The SMILES string of the molecule is CC1CC(N)CN(C(=O)CNC(=O)c2ccccc2)C1. The molecule has 0 bridgehead atoms. The van der Waals surface area contributed by atoms with Crippen LogP contribution in [0.4, 0.5) is 0 Å². The van der Waals surface area contributed by atoms with E-state index in [-0.39, 0.29) is 24.4 Å². The molecule has 3 N–H and O–H groups in total. The number of carbonyl (C=O) groups is 2. The van der Waals surface area contributed by atoms with Crippen molar-refractivity contribution in [3.05, 3.63) is 35.9 Å². The lowest BCUT2D eigenvalue weighted by atomic mass is 9.96. The lowest BCUT2D eigenvalue weighted by Crippen LogP contribution is -2.51. The Hall–Kier alpha value is -1.88. The minimum atomic E-state index is -0.228. The fourth-order valence-corrected chi connectivity index (χ4v) is 2.56. The van der Waals surface area contributed by atoms with Crippen molar-refractivity contribution >= 4 is 11.8 Å². The molecule has 0 saturated carbocycles. The van der Waals surface area contributed by atoms with Crippen molar-refractivity contribution in [2.24, 2.45) is 11.7 Å². The fraction of sp³-hybridized carbons (Fsp3) is 0.467. The van der Waals surface area contributed by atoms with Gasteiger partial charge < -0.3 is 16.0 Å². The highest BCUT2D eigenvalue weighted by molar-refractivity contribution is 5.96. The molecule has 1 heterocycles. The van der Waals surface area contributed by atoms with E-state index in [2.05, 4.69) is 12.2 Å². The van der Waals surface area contributed by atoms with Crippen molar-refractivity contribution in [1.29, 1.82) is 0 Å². The summed E-state index contributed by atoms with van der Waals surface area (Å²) < 4.78 is 0. The van der Waals surface area contributed by atoms with Crippen molar-refractivity contribution < 1.29 is 9.59 Å². The van der Waals surface area contributed by atoms with Crippen LogP contribution in [0.1, 0.15) is 23.7 Å². The fourth-order valence-electron chi connectivity index (χ4n) is 2.56. The van der Waals surface area contributed by atoms with Crippen LogP contribution < -0.4 is 11.1 Å². The van der Waals surface area contributed by atoms with Crippen molar-refractivity contribution in [3.63, 3.8) is 0 Å². The molecule has 1 fully saturated rings. The van der Waals surface area contributed by atoms with Crippen LogP contribution in [0, 0.1) is 5.92 Å². The first-order chi connectivity index (χ1) is 9.56. The van der Waals surface area contributed by atoms with E-state index in [9.17, 15) is 9.59 Å². The van der Waals surface area contributed by atoms with E-state index in [0.717, 1.165) is 6.42 Å². The second kappa shape index (κ2) is 6.52. The monoisotopic (exact) mass is 275 g/mol. The zero-order valence-corrected chi connectivity index (χ0v) is 11.7. The van der Waals surface area contributed by atoms with Gasteiger partial charge in [-0.1, -0.05) is 25.1 Å². The summed E-state index contributed by atoms with van der Waals surface area (Å²) in [5, 5.41) is 2.65. The van der Waals surface area contributed by atoms with Crippen LogP contribution in [0.2, 0.25) is 0 Å². The van der Waals surface area contributed by atoms with E-state index in [1.807, 2.05) is 6.07 Å².